The van der Waals surface area contributed by atoms with Gasteiger partial charge >= 0.3 is 0 Å². The minimum Gasteiger partial charge on any atom is -0.317 e. The summed E-state index contributed by atoms with van der Waals surface area (Å²) in [4.78, 5) is 16.7. The Labute approximate surface area is 161 Å². The largest absolute Gasteiger partial charge is 0.317 e. The maximum Gasteiger partial charge on any atom is 0.281 e. The molecule has 0 radical (unpaired) electrons. The normalized spacial score (nSPS) is 15.5. The molecule has 5 heteroatoms. The van der Waals surface area contributed by atoms with Gasteiger partial charge in [0.05, 0.1) is 16.6 Å². The number of rotatable bonds is 2. The highest BCUT2D eigenvalue weighted by molar-refractivity contribution is 9.10. The predicted molar refractivity (Wildman–Crippen MR) is 109 cm³/mol. The van der Waals surface area contributed by atoms with Crippen LogP contribution in [0, 0.1) is 13.8 Å². The lowest BCUT2D eigenvalue weighted by Gasteiger charge is -2.25. The van der Waals surface area contributed by atoms with E-state index >= 15 is 0 Å². The number of hydrogen-bond donors (Lipinski definition) is 1. The molecule has 1 aliphatic heterocycles. The van der Waals surface area contributed by atoms with Gasteiger partial charge in [-0.2, -0.15) is 4.98 Å². The van der Waals surface area contributed by atoms with Crippen LogP contribution in [0.15, 0.2) is 45.7 Å². The van der Waals surface area contributed by atoms with Crippen LogP contribution in [0.25, 0.3) is 16.6 Å². The number of halogens is 1. The van der Waals surface area contributed by atoms with Gasteiger partial charge in [-0.05, 0) is 91.0 Å². The van der Waals surface area contributed by atoms with Gasteiger partial charge in [-0.1, -0.05) is 18.2 Å². The zero-order chi connectivity index (χ0) is 18.3. The molecule has 2 aromatic carbocycles. The Kier molecular flexibility index (Phi) is 4.67. The quantitative estimate of drug-likeness (QED) is 0.685. The van der Waals surface area contributed by atoms with E-state index in [4.69, 9.17) is 0 Å². The fourth-order valence-electron chi connectivity index (χ4n) is 3.92. The van der Waals surface area contributed by atoms with Crippen LogP contribution in [0.4, 0.5) is 0 Å². The molecule has 4 rings (SSSR count). The Morgan fingerprint density at radius 2 is 1.92 bits per heavy atom. The van der Waals surface area contributed by atoms with Crippen molar-refractivity contribution in [1.82, 2.24) is 14.9 Å². The van der Waals surface area contributed by atoms with E-state index in [1.54, 1.807) is 0 Å². The fourth-order valence-corrected chi connectivity index (χ4v) is 4.44. The number of benzene rings is 2. The summed E-state index contributed by atoms with van der Waals surface area (Å²) < 4.78 is 2.90. The summed E-state index contributed by atoms with van der Waals surface area (Å²) in [6, 6.07) is 12.6. The number of piperidine rings is 1. The zero-order valence-electron chi connectivity index (χ0n) is 15.1. The first-order valence-corrected chi connectivity index (χ1v) is 9.85. The van der Waals surface area contributed by atoms with Crippen LogP contribution in [-0.4, -0.2) is 22.6 Å². The first-order chi connectivity index (χ1) is 12.6. The summed E-state index contributed by atoms with van der Waals surface area (Å²) in [5.74, 6) is 1.30. The van der Waals surface area contributed by atoms with Gasteiger partial charge in [-0.15, -0.1) is 0 Å². The summed E-state index contributed by atoms with van der Waals surface area (Å²) in [7, 11) is 0. The van der Waals surface area contributed by atoms with E-state index in [1.807, 2.05) is 25.1 Å². The third-order valence-electron chi connectivity index (χ3n) is 5.32. The summed E-state index contributed by atoms with van der Waals surface area (Å²) >= 11 is 3.51. The van der Waals surface area contributed by atoms with E-state index in [1.165, 1.54) is 11.1 Å². The second-order valence-corrected chi connectivity index (χ2v) is 7.86. The third kappa shape index (κ3) is 2.99. The summed E-state index contributed by atoms with van der Waals surface area (Å²) in [6.45, 7) is 6.16. The van der Waals surface area contributed by atoms with Crippen LogP contribution in [0.3, 0.4) is 0 Å². The molecular weight excluding hydrogens is 390 g/mol. The van der Waals surface area contributed by atoms with Crippen LogP contribution in [0.1, 0.15) is 35.7 Å². The molecule has 0 aliphatic carbocycles. The molecule has 2 heterocycles. The SMILES string of the molecule is Cc1ccc(C2CCNCC2)cc1-n1c(C)nc(=O)c2c(Br)cccc21. The van der Waals surface area contributed by atoms with Gasteiger partial charge in [0.15, 0.2) is 0 Å². The van der Waals surface area contributed by atoms with Gasteiger partial charge in [-0.25, -0.2) is 0 Å². The molecule has 1 N–H and O–H groups in total. The van der Waals surface area contributed by atoms with Crippen LogP contribution in [0.2, 0.25) is 0 Å². The molecule has 1 fully saturated rings. The van der Waals surface area contributed by atoms with E-state index in [2.05, 4.69) is 55.9 Å². The molecular formula is C21H22BrN3O. The van der Waals surface area contributed by atoms with Crippen LogP contribution in [-0.2, 0) is 0 Å². The van der Waals surface area contributed by atoms with Gasteiger partial charge in [-0.3, -0.25) is 9.36 Å². The maximum absolute atomic E-state index is 12.4. The molecule has 1 aromatic heterocycles. The van der Waals surface area contributed by atoms with Crippen molar-refractivity contribution in [2.75, 3.05) is 13.1 Å². The number of hydrogen-bond acceptors (Lipinski definition) is 3. The molecule has 0 atom stereocenters. The maximum atomic E-state index is 12.4. The lowest BCUT2D eigenvalue weighted by atomic mass is 9.89. The number of nitrogens with zero attached hydrogens (tertiary/aromatic N) is 2. The monoisotopic (exact) mass is 411 g/mol. The van der Waals surface area contributed by atoms with Crippen molar-refractivity contribution in [3.63, 3.8) is 0 Å². The highest BCUT2D eigenvalue weighted by Gasteiger charge is 2.18. The average molecular weight is 412 g/mol. The van der Waals surface area contributed by atoms with E-state index in [-0.39, 0.29) is 5.56 Å². The van der Waals surface area contributed by atoms with Gasteiger partial charge < -0.3 is 5.32 Å². The van der Waals surface area contributed by atoms with Gasteiger partial charge in [0, 0.05) is 4.47 Å². The van der Waals surface area contributed by atoms with Gasteiger partial charge in [0.25, 0.3) is 5.56 Å². The van der Waals surface area contributed by atoms with Gasteiger partial charge in [0.1, 0.15) is 5.82 Å². The van der Waals surface area contributed by atoms with E-state index < -0.39 is 0 Å². The molecule has 134 valence electrons. The second-order valence-electron chi connectivity index (χ2n) is 7.00. The lowest BCUT2D eigenvalue weighted by molar-refractivity contribution is 0.460. The van der Waals surface area contributed by atoms with Crippen molar-refractivity contribution >= 4 is 26.8 Å². The van der Waals surface area contributed by atoms with Crippen LogP contribution < -0.4 is 10.9 Å². The smallest absolute Gasteiger partial charge is 0.281 e. The first kappa shape index (κ1) is 17.4. The van der Waals surface area contributed by atoms with E-state index in [0.29, 0.717) is 17.1 Å². The first-order valence-electron chi connectivity index (χ1n) is 9.06. The summed E-state index contributed by atoms with van der Waals surface area (Å²) in [5, 5.41) is 4.06. The molecule has 0 spiro atoms. The van der Waals surface area contributed by atoms with Crippen molar-refractivity contribution in [2.24, 2.45) is 0 Å². The number of fused-ring (bicyclic) bond motifs is 1. The number of nitrogens with one attached hydrogen (secondary N) is 1. The molecule has 0 unspecified atom stereocenters. The topological polar surface area (TPSA) is 46.9 Å². The van der Waals surface area contributed by atoms with E-state index in [0.717, 1.165) is 41.6 Å². The minimum absolute atomic E-state index is 0.187. The Hall–Kier alpha value is -1.98. The average Bonchev–Trinajstić information content (AvgIpc) is 2.63. The highest BCUT2D eigenvalue weighted by atomic mass is 79.9. The van der Waals surface area contributed by atoms with Crippen molar-refractivity contribution in [1.29, 1.82) is 0 Å². The Morgan fingerprint density at radius 1 is 1.15 bits per heavy atom. The third-order valence-corrected chi connectivity index (χ3v) is 5.98. The Morgan fingerprint density at radius 3 is 2.69 bits per heavy atom. The van der Waals surface area contributed by atoms with Gasteiger partial charge in [0.2, 0.25) is 0 Å². The van der Waals surface area contributed by atoms with E-state index in [9.17, 15) is 4.79 Å². The Balaban J connectivity index is 1.96. The zero-order valence-corrected chi connectivity index (χ0v) is 16.6. The number of aromatic nitrogens is 2. The highest BCUT2D eigenvalue weighted by Crippen LogP contribution is 2.30. The molecule has 4 nitrogen and oxygen atoms in total. The molecule has 0 amide bonds. The number of aryl methyl sites for hydroxylation is 2. The van der Waals surface area contributed by atoms with Crippen molar-refractivity contribution < 1.29 is 0 Å². The molecule has 0 bridgehead atoms. The summed E-state index contributed by atoms with van der Waals surface area (Å²) in [6.07, 6.45) is 2.33. The lowest BCUT2D eigenvalue weighted by Crippen LogP contribution is -2.26. The van der Waals surface area contributed by atoms with Crippen molar-refractivity contribution in [2.45, 2.75) is 32.6 Å². The Bertz CT molecular complexity index is 1040. The standard InChI is InChI=1S/C21H22BrN3O/c1-13-6-7-16(15-8-10-23-11-9-15)12-19(13)25-14(2)24-21(26)20-17(22)4-3-5-18(20)25/h3-7,12,15,23H,8-11H2,1-2H3. The summed E-state index contributed by atoms with van der Waals surface area (Å²) in [5.41, 5.74) is 4.36. The molecule has 1 saturated heterocycles. The van der Waals surface area contributed by atoms with Crippen LogP contribution >= 0.6 is 15.9 Å². The molecule has 1 aliphatic rings. The molecule has 26 heavy (non-hydrogen) atoms. The van der Waals surface area contributed by atoms with Crippen molar-refractivity contribution in [3.05, 3.63) is 68.2 Å². The fraction of sp³-hybridized carbons (Fsp3) is 0.333. The second kappa shape index (κ2) is 6.97. The van der Waals surface area contributed by atoms with Crippen LogP contribution in [0.5, 0.6) is 0 Å². The minimum atomic E-state index is -0.187. The predicted octanol–water partition coefficient (Wildman–Crippen LogP) is 4.23. The van der Waals surface area contributed by atoms with Crippen molar-refractivity contribution in [3.8, 4) is 5.69 Å². The molecule has 3 aromatic rings. The molecule has 0 saturated carbocycles.